The average molecular weight is 125 g/mol. The zero-order chi connectivity index (χ0) is 6.32. The van der Waals surface area contributed by atoms with Crippen LogP contribution in [0.4, 0.5) is 0 Å². The summed E-state index contributed by atoms with van der Waals surface area (Å²) < 4.78 is 0. The Morgan fingerprint density at radius 2 is 2.33 bits per heavy atom. The zero-order valence-electron chi connectivity index (χ0n) is 5.59. The quantitative estimate of drug-likeness (QED) is 0.552. The molecule has 2 aliphatic rings. The van der Waals surface area contributed by atoms with Gasteiger partial charge in [0.2, 0.25) is 0 Å². The molecular weight excluding hydrogens is 114 g/mol. The van der Waals surface area contributed by atoms with Crippen LogP contribution >= 0.6 is 0 Å². The summed E-state index contributed by atoms with van der Waals surface area (Å²) in [7, 11) is 0. The molecule has 0 aromatic carbocycles. The Labute approximate surface area is 54.5 Å². The maximum Gasteiger partial charge on any atom is 0.192 e. The second-order valence-corrected chi connectivity index (χ2v) is 2.98. The third-order valence-corrected chi connectivity index (χ3v) is 2.25. The lowest BCUT2D eigenvalue weighted by molar-refractivity contribution is 0.431. The van der Waals surface area contributed by atoms with Crippen molar-refractivity contribution in [1.82, 2.24) is 5.32 Å². The van der Waals surface area contributed by atoms with Gasteiger partial charge in [-0.3, -0.25) is 0 Å². The summed E-state index contributed by atoms with van der Waals surface area (Å²) in [4.78, 5) is 0. The first-order valence-electron chi connectivity index (χ1n) is 3.46. The molecule has 0 saturated carbocycles. The molecule has 1 saturated heterocycles. The van der Waals surface area contributed by atoms with E-state index in [1.54, 1.807) is 0 Å². The van der Waals surface area contributed by atoms with Gasteiger partial charge in [-0.1, -0.05) is 0 Å². The summed E-state index contributed by atoms with van der Waals surface area (Å²) in [6, 6.07) is 0. The minimum Gasteiger partial charge on any atom is -0.316 e. The lowest BCUT2D eigenvalue weighted by Gasteiger charge is -2.09. The molecule has 3 heteroatoms. The minimum atomic E-state index is 0.0174. The van der Waals surface area contributed by atoms with Gasteiger partial charge < -0.3 is 5.32 Å². The van der Waals surface area contributed by atoms with E-state index < -0.39 is 0 Å². The van der Waals surface area contributed by atoms with E-state index in [2.05, 4.69) is 22.5 Å². The highest BCUT2D eigenvalue weighted by Gasteiger charge is 2.43. The van der Waals surface area contributed by atoms with Gasteiger partial charge in [-0.05, 0) is 19.9 Å². The van der Waals surface area contributed by atoms with Gasteiger partial charge in [0.05, 0.1) is 0 Å². The summed E-state index contributed by atoms with van der Waals surface area (Å²) >= 11 is 0. The number of nitrogens with one attached hydrogen (secondary N) is 1. The van der Waals surface area contributed by atoms with E-state index in [9.17, 15) is 0 Å². The van der Waals surface area contributed by atoms with Crippen LogP contribution in [0.15, 0.2) is 10.2 Å². The Morgan fingerprint density at radius 1 is 1.56 bits per heavy atom. The highest BCUT2D eigenvalue weighted by Crippen LogP contribution is 2.38. The van der Waals surface area contributed by atoms with E-state index in [1.807, 2.05) is 0 Å². The Balaban J connectivity index is 1.98. The van der Waals surface area contributed by atoms with E-state index in [-0.39, 0.29) is 5.66 Å². The standard InChI is InChI=1S/C6H11N3/c1-6(8-9-6)5-2-3-7-4-5/h5,7H,2-4H2,1H3. The van der Waals surface area contributed by atoms with Gasteiger partial charge in [-0.25, -0.2) is 0 Å². The lowest BCUT2D eigenvalue weighted by atomic mass is 9.97. The highest BCUT2D eigenvalue weighted by molar-refractivity contribution is 4.98. The van der Waals surface area contributed by atoms with Crippen molar-refractivity contribution in [3.63, 3.8) is 0 Å². The van der Waals surface area contributed by atoms with Crippen molar-refractivity contribution in [3.8, 4) is 0 Å². The van der Waals surface area contributed by atoms with Crippen molar-refractivity contribution >= 4 is 0 Å². The predicted molar refractivity (Wildman–Crippen MR) is 34.2 cm³/mol. The first-order chi connectivity index (χ1) is 4.31. The minimum absolute atomic E-state index is 0.0174. The maximum absolute atomic E-state index is 4.00. The molecule has 1 fully saturated rings. The largest absolute Gasteiger partial charge is 0.316 e. The summed E-state index contributed by atoms with van der Waals surface area (Å²) in [5.74, 6) is 0.678. The van der Waals surface area contributed by atoms with E-state index in [1.165, 1.54) is 6.42 Å². The second-order valence-electron chi connectivity index (χ2n) is 2.98. The molecule has 0 spiro atoms. The fraction of sp³-hybridized carbons (Fsp3) is 1.00. The van der Waals surface area contributed by atoms with Gasteiger partial charge in [0.15, 0.2) is 5.66 Å². The van der Waals surface area contributed by atoms with Crippen molar-refractivity contribution in [2.45, 2.75) is 19.0 Å². The normalized spacial score (nSPS) is 37.2. The first-order valence-corrected chi connectivity index (χ1v) is 3.46. The summed E-state index contributed by atoms with van der Waals surface area (Å²) in [5.41, 5.74) is 0.0174. The molecule has 0 amide bonds. The summed E-state index contributed by atoms with van der Waals surface area (Å²) in [5, 5.41) is 11.3. The van der Waals surface area contributed by atoms with Gasteiger partial charge in [-0.15, -0.1) is 0 Å². The van der Waals surface area contributed by atoms with Crippen LogP contribution in [0, 0.1) is 5.92 Å². The van der Waals surface area contributed by atoms with Gasteiger partial charge in [0.1, 0.15) is 0 Å². The predicted octanol–water partition coefficient (Wildman–Crippen LogP) is 0.778. The molecule has 3 nitrogen and oxygen atoms in total. The van der Waals surface area contributed by atoms with Crippen LogP contribution < -0.4 is 5.32 Å². The molecule has 1 N–H and O–H groups in total. The van der Waals surface area contributed by atoms with Crippen LogP contribution in [0.3, 0.4) is 0 Å². The molecule has 9 heavy (non-hydrogen) atoms. The van der Waals surface area contributed by atoms with Crippen molar-refractivity contribution in [3.05, 3.63) is 0 Å². The zero-order valence-corrected chi connectivity index (χ0v) is 5.59. The van der Waals surface area contributed by atoms with Gasteiger partial charge in [0.25, 0.3) is 0 Å². The van der Waals surface area contributed by atoms with Crippen molar-refractivity contribution in [2.24, 2.45) is 16.1 Å². The molecule has 0 aromatic rings. The van der Waals surface area contributed by atoms with Crippen LogP contribution in [0.25, 0.3) is 0 Å². The van der Waals surface area contributed by atoms with Crippen molar-refractivity contribution in [1.29, 1.82) is 0 Å². The Bertz CT molecular complexity index is 140. The number of hydrogen-bond donors (Lipinski definition) is 1. The van der Waals surface area contributed by atoms with Crippen LogP contribution in [-0.4, -0.2) is 18.8 Å². The summed E-state index contributed by atoms with van der Waals surface area (Å²) in [6.07, 6.45) is 1.24. The monoisotopic (exact) mass is 125 g/mol. The third-order valence-electron chi connectivity index (χ3n) is 2.25. The fourth-order valence-electron chi connectivity index (χ4n) is 1.36. The molecule has 0 bridgehead atoms. The molecule has 2 rings (SSSR count). The highest BCUT2D eigenvalue weighted by atomic mass is 15.4. The molecule has 0 aromatic heterocycles. The van der Waals surface area contributed by atoms with Crippen LogP contribution in [0.2, 0.25) is 0 Å². The topological polar surface area (TPSA) is 36.8 Å². The van der Waals surface area contributed by atoms with Crippen LogP contribution in [-0.2, 0) is 0 Å². The summed E-state index contributed by atoms with van der Waals surface area (Å²) in [6.45, 7) is 4.35. The second kappa shape index (κ2) is 1.53. The lowest BCUT2D eigenvalue weighted by Crippen LogP contribution is -2.22. The van der Waals surface area contributed by atoms with E-state index in [0.717, 1.165) is 13.1 Å². The molecule has 1 atom stereocenters. The molecule has 0 aliphatic carbocycles. The number of hydrogen-bond acceptors (Lipinski definition) is 3. The Kier molecular flexibility index (Phi) is 0.913. The molecule has 2 aliphatic heterocycles. The molecule has 0 radical (unpaired) electrons. The van der Waals surface area contributed by atoms with Crippen molar-refractivity contribution in [2.75, 3.05) is 13.1 Å². The molecule has 50 valence electrons. The van der Waals surface area contributed by atoms with E-state index in [0.29, 0.717) is 5.92 Å². The Hall–Kier alpha value is -0.440. The smallest absolute Gasteiger partial charge is 0.192 e. The number of rotatable bonds is 1. The number of nitrogens with zero attached hydrogens (tertiary/aromatic N) is 2. The van der Waals surface area contributed by atoms with Gasteiger partial charge in [-0.2, -0.15) is 10.2 Å². The Morgan fingerprint density at radius 3 is 2.78 bits per heavy atom. The van der Waals surface area contributed by atoms with E-state index in [4.69, 9.17) is 0 Å². The fourth-order valence-corrected chi connectivity index (χ4v) is 1.36. The molecule has 2 heterocycles. The first kappa shape index (κ1) is 5.35. The molecule has 1 unspecified atom stereocenters. The van der Waals surface area contributed by atoms with Gasteiger partial charge in [0, 0.05) is 12.5 Å². The van der Waals surface area contributed by atoms with Crippen molar-refractivity contribution < 1.29 is 0 Å². The third kappa shape index (κ3) is 0.758. The average Bonchev–Trinajstić information content (AvgIpc) is 2.46. The molecular formula is C6H11N3. The van der Waals surface area contributed by atoms with Crippen LogP contribution in [0.5, 0.6) is 0 Å². The van der Waals surface area contributed by atoms with Crippen LogP contribution in [0.1, 0.15) is 13.3 Å². The van der Waals surface area contributed by atoms with E-state index >= 15 is 0 Å². The van der Waals surface area contributed by atoms with Gasteiger partial charge >= 0.3 is 0 Å². The maximum atomic E-state index is 4.00. The SMILES string of the molecule is CC1(C2CCNC2)N=N1.